The molecule has 1 aliphatic rings. The van der Waals surface area contributed by atoms with Crippen LogP contribution in [0.4, 0.5) is 5.00 Å². The van der Waals surface area contributed by atoms with Gasteiger partial charge in [-0.05, 0) is 28.1 Å². The molecule has 5 heteroatoms. The number of nitrogens with zero attached hydrogens (tertiary/aromatic N) is 2. The molecule has 84 valence electrons. The van der Waals surface area contributed by atoms with Gasteiger partial charge in [0.25, 0.3) is 0 Å². The smallest absolute Gasteiger partial charge is 0.0921 e. The number of thiophene rings is 1. The Morgan fingerprint density at radius 2 is 2.00 bits per heavy atom. The molecule has 0 bridgehead atoms. The summed E-state index contributed by atoms with van der Waals surface area (Å²) in [4.78, 5) is 4.88. The molecule has 0 spiro atoms. The summed E-state index contributed by atoms with van der Waals surface area (Å²) in [5.41, 5.74) is 5.55. The van der Waals surface area contributed by atoms with Crippen molar-refractivity contribution in [2.45, 2.75) is 0 Å². The molecule has 2 rings (SSSR count). The van der Waals surface area contributed by atoms with Crippen molar-refractivity contribution in [3.63, 3.8) is 0 Å². The van der Waals surface area contributed by atoms with Gasteiger partial charge in [-0.15, -0.1) is 11.3 Å². The summed E-state index contributed by atoms with van der Waals surface area (Å²) >= 11 is 5.31. The molecule has 15 heavy (non-hydrogen) atoms. The molecule has 3 nitrogen and oxygen atoms in total. The van der Waals surface area contributed by atoms with Crippen LogP contribution in [0.1, 0.15) is 0 Å². The summed E-state index contributed by atoms with van der Waals surface area (Å²) in [5.74, 6) is 0. The lowest BCUT2D eigenvalue weighted by atomic mass is 10.3. The standard InChI is InChI=1S/C10H16BrN3S/c11-9-1-2-10(15-9)14-7-5-13(4-3-12)6-8-14/h1-2H,3-8,12H2. The van der Waals surface area contributed by atoms with Crippen LogP contribution in [0.5, 0.6) is 0 Å². The van der Waals surface area contributed by atoms with Gasteiger partial charge in [-0.25, -0.2) is 0 Å². The molecule has 0 radical (unpaired) electrons. The van der Waals surface area contributed by atoms with Gasteiger partial charge in [0.15, 0.2) is 0 Å². The third-order valence-electron chi connectivity index (χ3n) is 2.69. The Hall–Kier alpha value is -0.100. The first-order chi connectivity index (χ1) is 7.29. The molecule has 0 aromatic carbocycles. The molecule has 0 atom stereocenters. The van der Waals surface area contributed by atoms with E-state index in [1.54, 1.807) is 0 Å². The number of hydrogen-bond donors (Lipinski definition) is 1. The average molecular weight is 290 g/mol. The first-order valence-electron chi connectivity index (χ1n) is 5.22. The highest BCUT2D eigenvalue weighted by atomic mass is 79.9. The summed E-state index contributed by atoms with van der Waals surface area (Å²) in [6, 6.07) is 4.31. The van der Waals surface area contributed by atoms with Crippen molar-refractivity contribution in [2.75, 3.05) is 44.2 Å². The lowest BCUT2D eigenvalue weighted by Crippen LogP contribution is -2.47. The second kappa shape index (κ2) is 5.30. The maximum absolute atomic E-state index is 5.55. The molecule has 1 aromatic heterocycles. The normalized spacial score (nSPS) is 18.4. The molecular weight excluding hydrogens is 274 g/mol. The number of halogens is 1. The highest BCUT2D eigenvalue weighted by molar-refractivity contribution is 9.11. The molecule has 2 heterocycles. The Morgan fingerprint density at radius 1 is 1.27 bits per heavy atom. The molecule has 1 aliphatic heterocycles. The Bertz CT molecular complexity index is 307. The molecule has 0 aliphatic carbocycles. The van der Waals surface area contributed by atoms with Crippen LogP contribution < -0.4 is 10.6 Å². The SMILES string of the molecule is NCCN1CCN(c2ccc(Br)s2)CC1. The Labute approximate surface area is 103 Å². The molecule has 0 unspecified atom stereocenters. The van der Waals surface area contributed by atoms with Gasteiger partial charge < -0.3 is 10.6 Å². The van der Waals surface area contributed by atoms with Crippen molar-refractivity contribution in [1.82, 2.24) is 4.90 Å². The second-order valence-electron chi connectivity index (χ2n) is 3.70. The molecule has 1 saturated heterocycles. The largest absolute Gasteiger partial charge is 0.361 e. The second-order valence-corrected chi connectivity index (χ2v) is 6.14. The Balaban J connectivity index is 1.88. The topological polar surface area (TPSA) is 32.5 Å². The quantitative estimate of drug-likeness (QED) is 0.917. The maximum Gasteiger partial charge on any atom is 0.0921 e. The van der Waals surface area contributed by atoms with Crippen molar-refractivity contribution in [2.24, 2.45) is 5.73 Å². The Kier molecular flexibility index (Phi) is 4.02. The Morgan fingerprint density at radius 3 is 2.53 bits per heavy atom. The zero-order valence-electron chi connectivity index (χ0n) is 8.66. The molecule has 1 aromatic rings. The van der Waals surface area contributed by atoms with Gasteiger partial charge in [0, 0.05) is 39.3 Å². The van der Waals surface area contributed by atoms with E-state index in [4.69, 9.17) is 5.73 Å². The number of hydrogen-bond acceptors (Lipinski definition) is 4. The van der Waals surface area contributed by atoms with Crippen LogP contribution in [0.3, 0.4) is 0 Å². The van der Waals surface area contributed by atoms with E-state index in [9.17, 15) is 0 Å². The van der Waals surface area contributed by atoms with Crippen molar-refractivity contribution in [3.05, 3.63) is 15.9 Å². The van der Waals surface area contributed by atoms with E-state index >= 15 is 0 Å². The third-order valence-corrected chi connectivity index (χ3v) is 4.37. The highest BCUT2D eigenvalue weighted by Gasteiger charge is 2.17. The number of anilines is 1. The summed E-state index contributed by atoms with van der Waals surface area (Å²) in [6.07, 6.45) is 0. The zero-order valence-corrected chi connectivity index (χ0v) is 11.1. The lowest BCUT2D eigenvalue weighted by Gasteiger charge is -2.34. The van der Waals surface area contributed by atoms with Crippen LogP contribution in [0.25, 0.3) is 0 Å². The van der Waals surface area contributed by atoms with Crippen LogP contribution in [-0.4, -0.2) is 44.2 Å². The van der Waals surface area contributed by atoms with E-state index in [1.807, 2.05) is 11.3 Å². The van der Waals surface area contributed by atoms with Gasteiger partial charge in [-0.1, -0.05) is 0 Å². The van der Waals surface area contributed by atoms with E-state index in [-0.39, 0.29) is 0 Å². The van der Waals surface area contributed by atoms with E-state index in [2.05, 4.69) is 37.9 Å². The third kappa shape index (κ3) is 2.93. The molecule has 2 N–H and O–H groups in total. The number of nitrogens with two attached hydrogens (primary N) is 1. The molecular formula is C10H16BrN3S. The van der Waals surface area contributed by atoms with Gasteiger partial charge in [0.2, 0.25) is 0 Å². The van der Waals surface area contributed by atoms with Gasteiger partial charge in [0.1, 0.15) is 0 Å². The minimum absolute atomic E-state index is 0.768. The molecule has 0 saturated carbocycles. The fourth-order valence-corrected chi connectivity index (χ4v) is 3.26. The lowest BCUT2D eigenvalue weighted by molar-refractivity contribution is 0.265. The van der Waals surface area contributed by atoms with Gasteiger partial charge in [-0.2, -0.15) is 0 Å². The highest BCUT2D eigenvalue weighted by Crippen LogP contribution is 2.30. The number of piperazine rings is 1. The van der Waals surface area contributed by atoms with Crippen molar-refractivity contribution in [1.29, 1.82) is 0 Å². The minimum atomic E-state index is 0.768. The first kappa shape index (κ1) is 11.4. The maximum atomic E-state index is 5.55. The van der Waals surface area contributed by atoms with E-state index in [1.165, 1.54) is 8.79 Å². The summed E-state index contributed by atoms with van der Waals surface area (Å²) < 4.78 is 1.21. The van der Waals surface area contributed by atoms with Crippen molar-refractivity contribution >= 4 is 32.3 Å². The van der Waals surface area contributed by atoms with Crippen molar-refractivity contribution in [3.8, 4) is 0 Å². The summed E-state index contributed by atoms with van der Waals surface area (Å²) in [6.45, 7) is 6.30. The fraction of sp³-hybridized carbons (Fsp3) is 0.600. The molecule has 1 fully saturated rings. The first-order valence-corrected chi connectivity index (χ1v) is 6.83. The summed E-state index contributed by atoms with van der Waals surface area (Å²) in [5, 5.41) is 1.37. The average Bonchev–Trinajstić information content (AvgIpc) is 2.67. The van der Waals surface area contributed by atoms with E-state index < -0.39 is 0 Å². The van der Waals surface area contributed by atoms with Gasteiger partial charge >= 0.3 is 0 Å². The van der Waals surface area contributed by atoms with Crippen molar-refractivity contribution < 1.29 is 0 Å². The molecule has 0 amide bonds. The predicted octanol–water partition coefficient (Wildman–Crippen LogP) is 1.59. The van der Waals surface area contributed by atoms with Crippen LogP contribution in [0.15, 0.2) is 15.9 Å². The predicted molar refractivity (Wildman–Crippen MR) is 69.7 cm³/mol. The van der Waals surface area contributed by atoms with Gasteiger partial charge in [-0.3, -0.25) is 4.90 Å². The van der Waals surface area contributed by atoms with E-state index in [0.717, 1.165) is 39.3 Å². The van der Waals surface area contributed by atoms with Crippen LogP contribution in [0.2, 0.25) is 0 Å². The fourth-order valence-electron chi connectivity index (χ4n) is 1.85. The number of rotatable bonds is 3. The summed E-state index contributed by atoms with van der Waals surface area (Å²) in [7, 11) is 0. The zero-order chi connectivity index (χ0) is 10.7. The van der Waals surface area contributed by atoms with Crippen LogP contribution in [-0.2, 0) is 0 Å². The van der Waals surface area contributed by atoms with Gasteiger partial charge in [0.05, 0.1) is 8.79 Å². The van der Waals surface area contributed by atoms with E-state index in [0.29, 0.717) is 0 Å². The minimum Gasteiger partial charge on any atom is -0.361 e. The van der Waals surface area contributed by atoms with Crippen LogP contribution >= 0.6 is 27.3 Å². The monoisotopic (exact) mass is 289 g/mol. The van der Waals surface area contributed by atoms with Crippen LogP contribution in [0, 0.1) is 0 Å².